The molecule has 30 heavy (non-hydrogen) atoms. The van der Waals surface area contributed by atoms with Crippen molar-refractivity contribution in [2.24, 2.45) is 0 Å². The van der Waals surface area contributed by atoms with Gasteiger partial charge in [0, 0.05) is 23.7 Å². The van der Waals surface area contributed by atoms with Gasteiger partial charge < -0.3 is 20.1 Å². The highest BCUT2D eigenvalue weighted by Gasteiger charge is 2.18. The molecule has 1 atom stereocenters. The third-order valence-corrected chi connectivity index (χ3v) is 4.94. The van der Waals surface area contributed by atoms with E-state index in [1.54, 1.807) is 13.2 Å². The van der Waals surface area contributed by atoms with Gasteiger partial charge in [0.15, 0.2) is 11.5 Å². The van der Waals surface area contributed by atoms with Gasteiger partial charge in [-0.25, -0.2) is 14.4 Å². The van der Waals surface area contributed by atoms with E-state index in [4.69, 9.17) is 21.1 Å². The van der Waals surface area contributed by atoms with Crippen molar-refractivity contribution in [2.45, 2.75) is 18.9 Å². The van der Waals surface area contributed by atoms with Crippen LogP contribution in [0.5, 0.6) is 11.5 Å². The number of fused-ring (bicyclic) bond motifs is 1. The summed E-state index contributed by atoms with van der Waals surface area (Å²) in [6.07, 6.45) is 3.60. The first kappa shape index (κ1) is 24.2. The fourth-order valence-corrected chi connectivity index (χ4v) is 3.41. The lowest BCUT2D eigenvalue weighted by atomic mass is 10.1. The van der Waals surface area contributed by atoms with Crippen LogP contribution >= 0.6 is 36.4 Å². The molecule has 1 saturated heterocycles. The maximum Gasteiger partial charge on any atom is 0.162 e. The van der Waals surface area contributed by atoms with E-state index in [9.17, 15) is 4.39 Å². The first-order chi connectivity index (χ1) is 13.6. The summed E-state index contributed by atoms with van der Waals surface area (Å²) in [5, 5.41) is 7.32. The predicted molar refractivity (Wildman–Crippen MR) is 122 cm³/mol. The summed E-state index contributed by atoms with van der Waals surface area (Å²) in [5.41, 5.74) is 1.33. The van der Waals surface area contributed by atoms with Crippen LogP contribution in [-0.2, 0) is 0 Å². The molecule has 1 aromatic heterocycles. The van der Waals surface area contributed by atoms with Gasteiger partial charge in [0.25, 0.3) is 0 Å². The minimum atomic E-state index is -0.471. The van der Waals surface area contributed by atoms with Gasteiger partial charge in [-0.2, -0.15) is 0 Å². The van der Waals surface area contributed by atoms with Crippen LogP contribution in [0.2, 0.25) is 5.02 Å². The second-order valence-electron chi connectivity index (χ2n) is 6.58. The standard InChI is InChI=1S/C20H20ClFN4O2.2ClH/c1-27-18-9-17-14(8-19(18)28-13-3-2-6-23-10-13)20(25-11-24-17)26-12-4-5-16(22)15(21)7-12;;/h4-5,7-9,11,13,23H,2-3,6,10H2,1H3,(H,24,25,26);2*1H. The number of rotatable bonds is 5. The van der Waals surface area contributed by atoms with Crippen molar-refractivity contribution in [1.82, 2.24) is 15.3 Å². The Morgan fingerprint density at radius 1 is 1.17 bits per heavy atom. The largest absolute Gasteiger partial charge is 0.493 e. The molecular weight excluding hydrogens is 454 g/mol. The monoisotopic (exact) mass is 474 g/mol. The minimum Gasteiger partial charge on any atom is -0.493 e. The summed E-state index contributed by atoms with van der Waals surface area (Å²) in [4.78, 5) is 8.66. The molecule has 10 heteroatoms. The molecule has 2 heterocycles. The third-order valence-electron chi connectivity index (χ3n) is 4.65. The number of hydrogen-bond acceptors (Lipinski definition) is 6. The van der Waals surface area contributed by atoms with Crippen LogP contribution in [-0.4, -0.2) is 36.3 Å². The summed E-state index contributed by atoms with van der Waals surface area (Å²) < 4.78 is 25.1. The van der Waals surface area contributed by atoms with Gasteiger partial charge in [-0.05, 0) is 43.7 Å². The van der Waals surface area contributed by atoms with Crippen molar-refractivity contribution >= 4 is 58.8 Å². The Kier molecular flexibility index (Phi) is 8.73. The fraction of sp³-hybridized carbons (Fsp3) is 0.300. The number of benzene rings is 2. The second kappa shape index (κ2) is 10.8. The number of anilines is 2. The van der Waals surface area contributed by atoms with Crippen molar-refractivity contribution in [3.63, 3.8) is 0 Å². The summed E-state index contributed by atoms with van der Waals surface area (Å²) in [5.74, 6) is 1.36. The van der Waals surface area contributed by atoms with E-state index < -0.39 is 5.82 Å². The number of ether oxygens (including phenoxy) is 2. The van der Waals surface area contributed by atoms with Crippen molar-refractivity contribution in [3.8, 4) is 11.5 Å². The molecule has 0 bridgehead atoms. The number of hydrogen-bond donors (Lipinski definition) is 2. The minimum absolute atomic E-state index is 0. The molecule has 0 spiro atoms. The number of nitrogens with zero attached hydrogens (tertiary/aromatic N) is 2. The Morgan fingerprint density at radius 2 is 2.00 bits per heavy atom. The molecule has 0 saturated carbocycles. The van der Waals surface area contributed by atoms with E-state index in [1.165, 1.54) is 18.5 Å². The van der Waals surface area contributed by atoms with E-state index in [2.05, 4.69) is 20.6 Å². The quantitative estimate of drug-likeness (QED) is 0.532. The molecule has 1 fully saturated rings. The Balaban J connectivity index is 0.00000160. The molecule has 0 aliphatic carbocycles. The number of piperidine rings is 1. The van der Waals surface area contributed by atoms with Crippen molar-refractivity contribution in [2.75, 3.05) is 25.5 Å². The molecule has 1 aliphatic rings. The van der Waals surface area contributed by atoms with Crippen LogP contribution in [0.1, 0.15) is 12.8 Å². The first-order valence-electron chi connectivity index (χ1n) is 9.06. The average molecular weight is 476 g/mol. The van der Waals surface area contributed by atoms with Crippen molar-refractivity contribution in [3.05, 3.63) is 47.5 Å². The number of methoxy groups -OCH3 is 1. The molecule has 4 rings (SSSR count). The molecule has 2 aromatic carbocycles. The van der Waals surface area contributed by atoms with Gasteiger partial charge in [-0.15, -0.1) is 24.8 Å². The normalized spacial score (nSPS) is 15.6. The van der Waals surface area contributed by atoms with Crippen molar-refractivity contribution in [1.29, 1.82) is 0 Å². The van der Waals surface area contributed by atoms with Crippen LogP contribution in [0.4, 0.5) is 15.9 Å². The number of aromatic nitrogens is 2. The Bertz CT molecular complexity index is 1000. The van der Waals surface area contributed by atoms with Crippen LogP contribution in [0.15, 0.2) is 36.7 Å². The maximum absolute atomic E-state index is 13.4. The van der Waals surface area contributed by atoms with Gasteiger partial charge in [0.2, 0.25) is 0 Å². The molecule has 1 aliphatic heterocycles. The molecule has 0 amide bonds. The molecular formula is C20H22Cl3FN4O2. The van der Waals surface area contributed by atoms with E-state index >= 15 is 0 Å². The highest BCUT2D eigenvalue weighted by Crippen LogP contribution is 2.36. The molecule has 6 nitrogen and oxygen atoms in total. The zero-order valence-corrected chi connectivity index (χ0v) is 18.5. The summed E-state index contributed by atoms with van der Waals surface area (Å²) >= 11 is 5.88. The Hall–Kier alpha value is -2.06. The lowest BCUT2D eigenvalue weighted by molar-refractivity contribution is 0.161. The van der Waals surface area contributed by atoms with Gasteiger partial charge in [-0.1, -0.05) is 11.6 Å². The molecule has 1 unspecified atom stereocenters. The highest BCUT2D eigenvalue weighted by atomic mass is 35.5. The Labute approximate surface area is 191 Å². The summed E-state index contributed by atoms with van der Waals surface area (Å²) in [7, 11) is 1.61. The smallest absolute Gasteiger partial charge is 0.162 e. The average Bonchev–Trinajstić information content (AvgIpc) is 2.71. The van der Waals surface area contributed by atoms with E-state index in [-0.39, 0.29) is 35.9 Å². The topological polar surface area (TPSA) is 68.3 Å². The second-order valence-corrected chi connectivity index (χ2v) is 6.99. The highest BCUT2D eigenvalue weighted by molar-refractivity contribution is 6.31. The number of nitrogens with one attached hydrogen (secondary N) is 2. The fourth-order valence-electron chi connectivity index (χ4n) is 3.23. The molecule has 2 N–H and O–H groups in total. The van der Waals surface area contributed by atoms with E-state index in [0.717, 1.165) is 31.3 Å². The molecule has 0 radical (unpaired) electrons. The molecule has 162 valence electrons. The van der Waals surface area contributed by atoms with Crippen LogP contribution < -0.4 is 20.1 Å². The van der Waals surface area contributed by atoms with Crippen LogP contribution in [0.3, 0.4) is 0 Å². The summed E-state index contributed by atoms with van der Waals surface area (Å²) in [6.45, 7) is 1.81. The summed E-state index contributed by atoms with van der Waals surface area (Å²) in [6, 6.07) is 8.12. The zero-order chi connectivity index (χ0) is 19.5. The van der Waals surface area contributed by atoms with E-state index in [1.807, 2.05) is 12.1 Å². The van der Waals surface area contributed by atoms with Gasteiger partial charge >= 0.3 is 0 Å². The lowest BCUT2D eigenvalue weighted by Crippen LogP contribution is -2.37. The number of halogens is 4. The predicted octanol–water partition coefficient (Wildman–Crippen LogP) is 5.15. The first-order valence-corrected chi connectivity index (χ1v) is 9.44. The lowest BCUT2D eigenvalue weighted by Gasteiger charge is -2.25. The maximum atomic E-state index is 13.4. The van der Waals surface area contributed by atoms with Gasteiger partial charge in [0.05, 0.1) is 17.6 Å². The van der Waals surface area contributed by atoms with E-state index in [0.29, 0.717) is 28.5 Å². The van der Waals surface area contributed by atoms with Gasteiger partial charge in [-0.3, -0.25) is 0 Å². The van der Waals surface area contributed by atoms with Crippen LogP contribution in [0, 0.1) is 5.82 Å². The molecule has 3 aromatic rings. The van der Waals surface area contributed by atoms with Crippen molar-refractivity contribution < 1.29 is 13.9 Å². The SMILES string of the molecule is COc1cc2ncnc(Nc3ccc(F)c(Cl)c3)c2cc1OC1CCCNC1.Cl.Cl. The van der Waals surface area contributed by atoms with Crippen LogP contribution in [0.25, 0.3) is 10.9 Å². The third kappa shape index (κ3) is 5.35. The zero-order valence-electron chi connectivity index (χ0n) is 16.2. The Morgan fingerprint density at radius 3 is 2.70 bits per heavy atom. The van der Waals surface area contributed by atoms with Gasteiger partial charge in [0.1, 0.15) is 24.1 Å².